The third-order valence-corrected chi connectivity index (χ3v) is 11.0. The number of furan rings is 2. The van der Waals surface area contributed by atoms with E-state index in [1.807, 2.05) is 60.7 Å². The lowest BCUT2D eigenvalue weighted by molar-refractivity contribution is 0.667. The average molecular weight is 704 g/mol. The van der Waals surface area contributed by atoms with Crippen molar-refractivity contribution >= 4 is 76.6 Å². The highest BCUT2D eigenvalue weighted by Gasteiger charge is 2.23. The molecule has 0 atom stereocenters. The van der Waals surface area contributed by atoms with Crippen molar-refractivity contribution in [3.05, 3.63) is 176 Å². The molecule has 0 saturated carbocycles. The van der Waals surface area contributed by atoms with Gasteiger partial charge in [0.2, 0.25) is 0 Å². The normalized spacial score (nSPS) is 12.0. The number of hydrogen-bond acceptors (Lipinski definition) is 4. The van der Waals surface area contributed by atoms with Crippen LogP contribution in [0.3, 0.4) is 0 Å². The first-order valence-corrected chi connectivity index (χ1v) is 18.5. The minimum absolute atomic E-state index is 0.655. The van der Waals surface area contributed by atoms with Crippen molar-refractivity contribution in [2.75, 3.05) is 0 Å². The van der Waals surface area contributed by atoms with E-state index in [0.717, 1.165) is 77.6 Å². The molecule has 0 fully saturated rings. The lowest BCUT2D eigenvalue weighted by Crippen LogP contribution is -1.96. The van der Waals surface area contributed by atoms with Crippen LogP contribution in [0.2, 0.25) is 0 Å². The molecule has 0 bridgehead atoms. The molecule has 5 nitrogen and oxygen atoms in total. The maximum atomic E-state index is 6.86. The molecule has 8 aromatic carbocycles. The Hall–Kier alpha value is -7.50. The van der Waals surface area contributed by atoms with E-state index in [1.54, 1.807) is 0 Å². The first-order chi connectivity index (χ1) is 27.3. The molecular formula is C50H29N3O2. The first-order valence-electron chi connectivity index (χ1n) is 18.5. The molecule has 0 amide bonds. The second kappa shape index (κ2) is 11.5. The number of hydrogen-bond donors (Lipinski definition) is 0. The fraction of sp³-hybridized carbons (Fsp3) is 0. The molecular weight excluding hydrogens is 675 g/mol. The van der Waals surface area contributed by atoms with Gasteiger partial charge in [0.15, 0.2) is 11.4 Å². The van der Waals surface area contributed by atoms with Gasteiger partial charge >= 0.3 is 0 Å². The molecule has 0 aliphatic rings. The second-order valence-electron chi connectivity index (χ2n) is 14.1. The predicted molar refractivity (Wildman–Crippen MR) is 225 cm³/mol. The van der Waals surface area contributed by atoms with Gasteiger partial charge in [-0.2, -0.15) is 0 Å². The van der Waals surface area contributed by atoms with Crippen LogP contribution < -0.4 is 0 Å². The van der Waals surface area contributed by atoms with Crippen molar-refractivity contribution in [3.63, 3.8) is 0 Å². The summed E-state index contributed by atoms with van der Waals surface area (Å²) >= 11 is 0. The van der Waals surface area contributed by atoms with Crippen molar-refractivity contribution in [1.29, 1.82) is 0 Å². The molecule has 0 saturated heterocycles. The van der Waals surface area contributed by atoms with Gasteiger partial charge in [-0.25, -0.2) is 9.97 Å². The summed E-state index contributed by atoms with van der Waals surface area (Å²) in [5.74, 6) is 0.655. The summed E-state index contributed by atoms with van der Waals surface area (Å²) in [6, 6.07) is 61.3. The van der Waals surface area contributed by atoms with E-state index in [1.165, 1.54) is 27.1 Å². The summed E-state index contributed by atoms with van der Waals surface area (Å²) in [4.78, 5) is 10.2. The van der Waals surface area contributed by atoms with E-state index in [0.29, 0.717) is 11.4 Å². The van der Waals surface area contributed by atoms with Gasteiger partial charge < -0.3 is 13.4 Å². The molecule has 0 aliphatic heterocycles. The second-order valence-corrected chi connectivity index (χ2v) is 14.1. The van der Waals surface area contributed by atoms with Crippen LogP contribution in [-0.2, 0) is 0 Å². The van der Waals surface area contributed by atoms with E-state index in [2.05, 4.69) is 120 Å². The molecule has 0 spiro atoms. The van der Waals surface area contributed by atoms with Crippen LogP contribution in [0, 0.1) is 0 Å². The van der Waals surface area contributed by atoms with Crippen molar-refractivity contribution < 1.29 is 8.83 Å². The summed E-state index contributed by atoms with van der Waals surface area (Å²) < 4.78 is 15.9. The standard InChI is InChI=1S/C50H29N3O2/c1-3-14-31(15-4-1)45-49-46(52-50(51-45)32-16-5-2-6-17-32)39-29-33(24-28-43(39)55-49)35-26-27-41(44-38-20-10-12-22-42(38)54-48(35)44)53-40-21-11-9-19-36(40)37-25-23-30-13-7-8-18-34(30)47(37)53/h1-29H. The Morgan fingerprint density at radius 1 is 0.436 bits per heavy atom. The highest BCUT2D eigenvalue weighted by atomic mass is 16.3. The van der Waals surface area contributed by atoms with Gasteiger partial charge in [0.05, 0.1) is 22.1 Å². The Kier molecular flexibility index (Phi) is 6.27. The molecule has 0 radical (unpaired) electrons. The van der Waals surface area contributed by atoms with Crippen LogP contribution in [0.1, 0.15) is 0 Å². The fourth-order valence-corrected chi connectivity index (χ4v) is 8.52. The SMILES string of the molecule is c1ccc(-c2nc(-c3ccccc3)c3oc4ccc(-c5ccc(-n6c7ccccc7c7ccc8ccccc8c76)c6c5oc5ccccc56)cc4c3n2)cc1. The lowest BCUT2D eigenvalue weighted by Gasteiger charge is -2.13. The van der Waals surface area contributed by atoms with Gasteiger partial charge in [-0.05, 0) is 47.3 Å². The molecule has 4 heterocycles. The predicted octanol–water partition coefficient (Wildman–Crippen LogP) is 13.5. The van der Waals surface area contributed by atoms with Crippen LogP contribution in [0.25, 0.3) is 116 Å². The molecule has 0 N–H and O–H groups in total. The maximum absolute atomic E-state index is 6.86. The minimum Gasteiger partial charge on any atom is -0.455 e. The van der Waals surface area contributed by atoms with Gasteiger partial charge in [0.1, 0.15) is 28.0 Å². The zero-order valence-corrected chi connectivity index (χ0v) is 29.4. The molecule has 0 unspecified atom stereocenters. The van der Waals surface area contributed by atoms with Crippen molar-refractivity contribution in [2.45, 2.75) is 0 Å². The van der Waals surface area contributed by atoms with Crippen LogP contribution >= 0.6 is 0 Å². The number of para-hydroxylation sites is 2. The zero-order valence-electron chi connectivity index (χ0n) is 29.4. The minimum atomic E-state index is 0.655. The monoisotopic (exact) mass is 703 g/mol. The molecule has 256 valence electrons. The van der Waals surface area contributed by atoms with Gasteiger partial charge in [-0.1, -0.05) is 140 Å². The van der Waals surface area contributed by atoms with E-state index in [9.17, 15) is 0 Å². The maximum Gasteiger partial charge on any atom is 0.180 e. The van der Waals surface area contributed by atoms with E-state index < -0.39 is 0 Å². The highest BCUT2D eigenvalue weighted by Crippen LogP contribution is 2.45. The molecule has 12 aromatic rings. The Balaban J connectivity index is 1.14. The largest absolute Gasteiger partial charge is 0.455 e. The summed E-state index contributed by atoms with van der Waals surface area (Å²) in [7, 11) is 0. The summed E-state index contributed by atoms with van der Waals surface area (Å²) in [5, 5.41) is 7.93. The summed E-state index contributed by atoms with van der Waals surface area (Å²) in [6.45, 7) is 0. The molecule has 12 rings (SSSR count). The fourth-order valence-electron chi connectivity index (χ4n) is 8.52. The van der Waals surface area contributed by atoms with E-state index in [4.69, 9.17) is 18.8 Å². The number of benzene rings is 8. The smallest absolute Gasteiger partial charge is 0.180 e. The van der Waals surface area contributed by atoms with Gasteiger partial charge in [0, 0.05) is 43.6 Å². The topological polar surface area (TPSA) is 57.0 Å². The average Bonchev–Trinajstić information content (AvgIpc) is 3.94. The number of aromatic nitrogens is 3. The summed E-state index contributed by atoms with van der Waals surface area (Å²) in [5.41, 5.74) is 12.0. The van der Waals surface area contributed by atoms with Crippen LogP contribution in [0.15, 0.2) is 185 Å². The van der Waals surface area contributed by atoms with E-state index in [-0.39, 0.29) is 0 Å². The van der Waals surface area contributed by atoms with Gasteiger partial charge in [0.25, 0.3) is 0 Å². The van der Waals surface area contributed by atoms with Gasteiger partial charge in [-0.15, -0.1) is 0 Å². The summed E-state index contributed by atoms with van der Waals surface area (Å²) in [6.07, 6.45) is 0. The van der Waals surface area contributed by atoms with E-state index >= 15 is 0 Å². The quantitative estimate of drug-likeness (QED) is 0.183. The molecule has 55 heavy (non-hydrogen) atoms. The Bertz CT molecular complexity index is 3480. The molecule has 4 aromatic heterocycles. The van der Waals surface area contributed by atoms with Crippen LogP contribution in [-0.4, -0.2) is 14.5 Å². The number of fused-ring (bicyclic) bond motifs is 11. The number of rotatable bonds is 4. The van der Waals surface area contributed by atoms with Gasteiger partial charge in [-0.3, -0.25) is 0 Å². The Morgan fingerprint density at radius 2 is 1.13 bits per heavy atom. The first kappa shape index (κ1) is 30.0. The van der Waals surface area contributed by atoms with Crippen LogP contribution in [0.4, 0.5) is 0 Å². The Labute approximate surface area is 314 Å². The highest BCUT2D eigenvalue weighted by molar-refractivity contribution is 6.21. The van der Waals surface area contributed by atoms with Crippen molar-refractivity contribution in [3.8, 4) is 39.5 Å². The molecule has 5 heteroatoms. The Morgan fingerprint density at radius 3 is 1.98 bits per heavy atom. The molecule has 0 aliphatic carbocycles. The van der Waals surface area contributed by atoms with Crippen LogP contribution in [0.5, 0.6) is 0 Å². The number of nitrogens with zero attached hydrogens (tertiary/aromatic N) is 3. The van der Waals surface area contributed by atoms with Crippen molar-refractivity contribution in [2.24, 2.45) is 0 Å². The lowest BCUT2D eigenvalue weighted by atomic mass is 9.99. The third-order valence-electron chi connectivity index (χ3n) is 11.0. The van der Waals surface area contributed by atoms with Crippen molar-refractivity contribution in [1.82, 2.24) is 14.5 Å². The third kappa shape index (κ3) is 4.41. The zero-order chi connectivity index (χ0) is 36.0.